The van der Waals surface area contributed by atoms with Gasteiger partial charge in [-0.15, -0.1) is 0 Å². The summed E-state index contributed by atoms with van der Waals surface area (Å²) in [6.07, 6.45) is 1.87. The molecule has 0 saturated carbocycles. The van der Waals surface area contributed by atoms with E-state index in [1.54, 1.807) is 0 Å². The van der Waals surface area contributed by atoms with E-state index in [0.29, 0.717) is 0 Å². The normalized spacial score (nSPS) is 10.7. The van der Waals surface area contributed by atoms with Gasteiger partial charge < -0.3 is 15.3 Å². The fourth-order valence-electron chi connectivity index (χ4n) is 1.55. The number of nitrogens with zero attached hydrogens (tertiary/aromatic N) is 1. The Hall–Kier alpha value is -2.23. The second kappa shape index (κ2) is 3.16. The summed E-state index contributed by atoms with van der Waals surface area (Å²) in [4.78, 5) is 10.7. The minimum atomic E-state index is 0.749. The lowest BCUT2D eigenvalue weighted by molar-refractivity contribution is 1.27. The molecule has 0 atom stereocenters. The van der Waals surface area contributed by atoms with E-state index in [1.165, 1.54) is 0 Å². The van der Waals surface area contributed by atoms with Crippen molar-refractivity contribution in [3.05, 3.63) is 42.6 Å². The number of nitrogens with one attached hydrogen (secondary N) is 3. The van der Waals surface area contributed by atoms with Crippen LogP contribution in [0.25, 0.3) is 11.0 Å². The molecule has 0 spiro atoms. The molecule has 3 N–H and O–H groups in total. The first-order valence-electron chi connectivity index (χ1n) is 4.77. The standard InChI is InChI=1S/C11H10N4/c1-2-5-9-8(4-1)13-11(14-9)15-10-6-3-7-12-10/h1-7,12H,(H2,13,14,15). The average molecular weight is 198 g/mol. The summed E-state index contributed by atoms with van der Waals surface area (Å²) in [7, 11) is 0. The molecule has 0 unspecified atom stereocenters. The van der Waals surface area contributed by atoms with Gasteiger partial charge in [0.25, 0.3) is 0 Å². The Morgan fingerprint density at radius 1 is 1.07 bits per heavy atom. The predicted octanol–water partition coefficient (Wildman–Crippen LogP) is 2.63. The zero-order valence-corrected chi connectivity index (χ0v) is 7.99. The van der Waals surface area contributed by atoms with E-state index in [1.807, 2.05) is 42.6 Å². The molecule has 2 heterocycles. The Labute approximate surface area is 86.4 Å². The maximum absolute atomic E-state index is 4.40. The maximum Gasteiger partial charge on any atom is 0.206 e. The Balaban J connectivity index is 1.98. The monoisotopic (exact) mass is 198 g/mol. The molecular formula is C11H10N4. The van der Waals surface area contributed by atoms with Gasteiger partial charge in [-0.3, -0.25) is 0 Å². The molecule has 0 saturated heterocycles. The number of aromatic amines is 2. The lowest BCUT2D eigenvalue weighted by Gasteiger charge is -1.96. The van der Waals surface area contributed by atoms with Crippen LogP contribution in [-0.4, -0.2) is 15.0 Å². The number of rotatable bonds is 2. The van der Waals surface area contributed by atoms with Crippen LogP contribution in [0.4, 0.5) is 11.8 Å². The molecule has 2 aromatic heterocycles. The van der Waals surface area contributed by atoms with Crippen LogP contribution in [0.5, 0.6) is 0 Å². The van der Waals surface area contributed by atoms with Crippen molar-refractivity contribution < 1.29 is 0 Å². The fourth-order valence-corrected chi connectivity index (χ4v) is 1.55. The van der Waals surface area contributed by atoms with Gasteiger partial charge in [0.05, 0.1) is 11.0 Å². The van der Waals surface area contributed by atoms with Crippen LogP contribution in [0, 0.1) is 0 Å². The summed E-state index contributed by atoms with van der Waals surface area (Å²) < 4.78 is 0. The van der Waals surface area contributed by atoms with Gasteiger partial charge in [-0.25, -0.2) is 4.98 Å². The third-order valence-electron chi connectivity index (χ3n) is 2.24. The van der Waals surface area contributed by atoms with Crippen LogP contribution in [-0.2, 0) is 0 Å². The topological polar surface area (TPSA) is 56.5 Å². The van der Waals surface area contributed by atoms with Crippen molar-refractivity contribution in [2.24, 2.45) is 0 Å². The van der Waals surface area contributed by atoms with Crippen molar-refractivity contribution >= 4 is 22.8 Å². The molecule has 1 aromatic carbocycles. The number of H-pyrrole nitrogens is 2. The first-order valence-corrected chi connectivity index (χ1v) is 4.77. The Morgan fingerprint density at radius 3 is 2.80 bits per heavy atom. The highest BCUT2D eigenvalue weighted by molar-refractivity contribution is 5.77. The highest BCUT2D eigenvalue weighted by Gasteiger charge is 2.01. The number of imidazole rings is 1. The second-order valence-corrected chi connectivity index (χ2v) is 3.31. The van der Waals surface area contributed by atoms with Gasteiger partial charge in [0.2, 0.25) is 5.95 Å². The van der Waals surface area contributed by atoms with Gasteiger partial charge in [0.15, 0.2) is 0 Å². The van der Waals surface area contributed by atoms with E-state index in [-0.39, 0.29) is 0 Å². The summed E-state index contributed by atoms with van der Waals surface area (Å²) in [5.41, 5.74) is 2.00. The summed E-state index contributed by atoms with van der Waals surface area (Å²) in [6, 6.07) is 11.8. The quantitative estimate of drug-likeness (QED) is 0.592. The van der Waals surface area contributed by atoms with Crippen molar-refractivity contribution in [2.75, 3.05) is 5.32 Å². The zero-order chi connectivity index (χ0) is 10.1. The van der Waals surface area contributed by atoms with Crippen LogP contribution in [0.2, 0.25) is 0 Å². The van der Waals surface area contributed by atoms with Gasteiger partial charge in [-0.05, 0) is 24.3 Å². The van der Waals surface area contributed by atoms with Crippen molar-refractivity contribution in [1.29, 1.82) is 0 Å². The Kier molecular flexibility index (Phi) is 1.71. The fraction of sp³-hybridized carbons (Fsp3) is 0. The molecule has 0 bridgehead atoms. The van der Waals surface area contributed by atoms with Gasteiger partial charge in [0, 0.05) is 6.20 Å². The van der Waals surface area contributed by atoms with Gasteiger partial charge >= 0.3 is 0 Å². The van der Waals surface area contributed by atoms with Crippen LogP contribution in [0.3, 0.4) is 0 Å². The van der Waals surface area contributed by atoms with Gasteiger partial charge in [0.1, 0.15) is 5.82 Å². The average Bonchev–Trinajstić information content (AvgIpc) is 2.86. The molecule has 0 aliphatic heterocycles. The molecule has 0 amide bonds. The largest absolute Gasteiger partial charge is 0.348 e. The summed E-state index contributed by atoms with van der Waals surface area (Å²) >= 11 is 0. The molecule has 3 aromatic rings. The molecule has 0 radical (unpaired) electrons. The third kappa shape index (κ3) is 1.46. The lowest BCUT2D eigenvalue weighted by Crippen LogP contribution is -1.91. The lowest BCUT2D eigenvalue weighted by atomic mass is 10.3. The second-order valence-electron chi connectivity index (χ2n) is 3.31. The van der Waals surface area contributed by atoms with E-state index in [9.17, 15) is 0 Å². The smallest absolute Gasteiger partial charge is 0.206 e. The number of hydrogen-bond acceptors (Lipinski definition) is 2. The Bertz CT molecular complexity index is 532. The number of benzene rings is 1. The summed E-state index contributed by atoms with van der Waals surface area (Å²) in [6.45, 7) is 0. The molecule has 0 fully saturated rings. The molecule has 4 heteroatoms. The van der Waals surface area contributed by atoms with Crippen LogP contribution < -0.4 is 5.32 Å². The van der Waals surface area contributed by atoms with E-state index >= 15 is 0 Å². The number of para-hydroxylation sites is 2. The van der Waals surface area contributed by atoms with Crippen molar-refractivity contribution in [1.82, 2.24) is 15.0 Å². The maximum atomic E-state index is 4.40. The van der Waals surface area contributed by atoms with E-state index in [4.69, 9.17) is 0 Å². The van der Waals surface area contributed by atoms with Crippen molar-refractivity contribution in [3.63, 3.8) is 0 Å². The SMILES string of the molecule is c1c[nH]c(Nc2nc3ccccc3[nH]2)c1. The predicted molar refractivity (Wildman–Crippen MR) is 60.2 cm³/mol. The molecule has 3 rings (SSSR count). The molecule has 0 aliphatic rings. The number of aromatic nitrogens is 3. The molecule has 74 valence electrons. The third-order valence-corrected chi connectivity index (χ3v) is 2.24. The van der Waals surface area contributed by atoms with Crippen molar-refractivity contribution in [3.8, 4) is 0 Å². The molecule has 4 nitrogen and oxygen atoms in total. The molecule has 0 aliphatic carbocycles. The number of anilines is 2. The molecule has 15 heavy (non-hydrogen) atoms. The minimum absolute atomic E-state index is 0.749. The number of fused-ring (bicyclic) bond motifs is 1. The number of hydrogen-bond donors (Lipinski definition) is 3. The van der Waals surface area contributed by atoms with Gasteiger partial charge in [-0.2, -0.15) is 0 Å². The van der Waals surface area contributed by atoms with Crippen molar-refractivity contribution in [2.45, 2.75) is 0 Å². The molecular weight excluding hydrogens is 188 g/mol. The first kappa shape index (κ1) is 8.11. The summed E-state index contributed by atoms with van der Waals surface area (Å²) in [5, 5.41) is 3.15. The van der Waals surface area contributed by atoms with Gasteiger partial charge in [-0.1, -0.05) is 12.1 Å². The zero-order valence-electron chi connectivity index (χ0n) is 7.99. The van der Waals surface area contributed by atoms with Crippen LogP contribution >= 0.6 is 0 Å². The summed E-state index contributed by atoms with van der Waals surface area (Å²) in [5.74, 6) is 1.67. The van der Waals surface area contributed by atoms with E-state index in [2.05, 4.69) is 20.3 Å². The Morgan fingerprint density at radius 2 is 2.00 bits per heavy atom. The van der Waals surface area contributed by atoms with E-state index < -0.39 is 0 Å². The highest BCUT2D eigenvalue weighted by Crippen LogP contribution is 2.16. The van der Waals surface area contributed by atoms with Crippen LogP contribution in [0.15, 0.2) is 42.6 Å². The minimum Gasteiger partial charge on any atom is -0.348 e. The van der Waals surface area contributed by atoms with E-state index in [0.717, 1.165) is 22.8 Å². The first-order chi connectivity index (χ1) is 7.42. The van der Waals surface area contributed by atoms with Crippen LogP contribution in [0.1, 0.15) is 0 Å². The highest BCUT2D eigenvalue weighted by atomic mass is 15.1.